The number of aliphatic hydroxyl groups is 1. The van der Waals surface area contributed by atoms with Crippen molar-refractivity contribution in [2.75, 3.05) is 6.54 Å². The highest BCUT2D eigenvalue weighted by molar-refractivity contribution is 5.84. The smallest absolute Gasteiger partial charge is 0.190 e. The van der Waals surface area contributed by atoms with Crippen LogP contribution in [0.3, 0.4) is 0 Å². The monoisotopic (exact) mass is 140 g/mol. The molecule has 0 aromatic heterocycles. The molecule has 0 saturated carbocycles. The Balaban J connectivity index is 2.63. The van der Waals surface area contributed by atoms with Gasteiger partial charge in [-0.15, -0.1) is 0 Å². The van der Waals surface area contributed by atoms with Crippen LogP contribution in [0.2, 0.25) is 0 Å². The number of aliphatic hydroxyl groups excluding tert-OH is 1. The fourth-order valence-electron chi connectivity index (χ4n) is 0.772. The molecule has 0 amide bonds. The summed E-state index contributed by atoms with van der Waals surface area (Å²) in [6, 6.07) is 0. The van der Waals surface area contributed by atoms with Crippen LogP contribution in [0.4, 0.5) is 0 Å². The first kappa shape index (κ1) is 7.12. The SMILES string of the molecule is CCC1=NCC(C)=C(O)N1. The van der Waals surface area contributed by atoms with Crippen LogP contribution in [0.5, 0.6) is 0 Å². The lowest BCUT2D eigenvalue weighted by Crippen LogP contribution is -2.27. The maximum atomic E-state index is 9.17. The maximum absolute atomic E-state index is 9.17. The average Bonchev–Trinajstić information content (AvgIpc) is 1.95. The Kier molecular flexibility index (Phi) is 1.94. The van der Waals surface area contributed by atoms with Crippen LogP contribution < -0.4 is 5.32 Å². The molecular weight excluding hydrogens is 128 g/mol. The van der Waals surface area contributed by atoms with Crippen molar-refractivity contribution in [3.05, 3.63) is 11.5 Å². The van der Waals surface area contributed by atoms with E-state index in [1.807, 2.05) is 13.8 Å². The molecule has 0 aromatic carbocycles. The minimum Gasteiger partial charge on any atom is -0.495 e. The number of nitrogens with zero attached hydrogens (tertiary/aromatic N) is 1. The summed E-state index contributed by atoms with van der Waals surface area (Å²) in [5, 5.41) is 12.0. The van der Waals surface area contributed by atoms with Crippen molar-refractivity contribution in [1.82, 2.24) is 5.32 Å². The highest BCUT2D eigenvalue weighted by atomic mass is 16.3. The molecule has 0 spiro atoms. The van der Waals surface area contributed by atoms with Gasteiger partial charge in [-0.05, 0) is 6.92 Å². The zero-order valence-corrected chi connectivity index (χ0v) is 6.31. The molecule has 0 aromatic rings. The van der Waals surface area contributed by atoms with E-state index in [0.29, 0.717) is 6.54 Å². The van der Waals surface area contributed by atoms with E-state index in [1.54, 1.807) is 0 Å². The topological polar surface area (TPSA) is 44.6 Å². The van der Waals surface area contributed by atoms with Gasteiger partial charge >= 0.3 is 0 Å². The molecule has 1 heterocycles. The van der Waals surface area contributed by atoms with Crippen LogP contribution in [0, 0.1) is 0 Å². The molecule has 1 aliphatic rings. The highest BCUT2D eigenvalue weighted by Gasteiger charge is 2.07. The zero-order chi connectivity index (χ0) is 7.56. The van der Waals surface area contributed by atoms with Crippen molar-refractivity contribution in [3.8, 4) is 0 Å². The third kappa shape index (κ3) is 1.29. The van der Waals surface area contributed by atoms with E-state index in [1.165, 1.54) is 0 Å². The minimum atomic E-state index is 0.270. The largest absolute Gasteiger partial charge is 0.495 e. The van der Waals surface area contributed by atoms with Gasteiger partial charge in [0.2, 0.25) is 0 Å². The summed E-state index contributed by atoms with van der Waals surface area (Å²) in [6.07, 6.45) is 0.845. The Morgan fingerprint density at radius 2 is 2.40 bits per heavy atom. The summed E-state index contributed by atoms with van der Waals surface area (Å²) >= 11 is 0. The number of amidine groups is 1. The van der Waals surface area contributed by atoms with Crippen LogP contribution in [-0.4, -0.2) is 17.5 Å². The summed E-state index contributed by atoms with van der Waals surface area (Å²) in [5.41, 5.74) is 0.900. The number of hydrogen-bond donors (Lipinski definition) is 2. The molecule has 0 unspecified atom stereocenters. The van der Waals surface area contributed by atoms with Gasteiger partial charge in [0.1, 0.15) is 5.84 Å². The van der Waals surface area contributed by atoms with Gasteiger partial charge in [-0.1, -0.05) is 6.92 Å². The minimum absolute atomic E-state index is 0.270. The fourth-order valence-corrected chi connectivity index (χ4v) is 0.772. The Bertz CT molecular complexity index is 194. The lowest BCUT2D eigenvalue weighted by molar-refractivity contribution is 0.376. The van der Waals surface area contributed by atoms with Gasteiger partial charge in [0.15, 0.2) is 5.88 Å². The predicted molar refractivity (Wildman–Crippen MR) is 41.1 cm³/mol. The fraction of sp³-hybridized carbons (Fsp3) is 0.571. The normalized spacial score (nSPS) is 18.4. The molecular formula is C7H12N2O. The van der Waals surface area contributed by atoms with Crippen LogP contribution >= 0.6 is 0 Å². The molecule has 1 rings (SSSR count). The Hall–Kier alpha value is -0.990. The lowest BCUT2D eigenvalue weighted by atomic mass is 10.2. The predicted octanol–water partition coefficient (Wildman–Crippen LogP) is 1.19. The van der Waals surface area contributed by atoms with Gasteiger partial charge in [-0.3, -0.25) is 4.99 Å². The zero-order valence-electron chi connectivity index (χ0n) is 6.31. The molecule has 1 aliphatic heterocycles. The van der Waals surface area contributed by atoms with Crippen molar-refractivity contribution in [1.29, 1.82) is 0 Å². The van der Waals surface area contributed by atoms with Crippen molar-refractivity contribution in [3.63, 3.8) is 0 Å². The van der Waals surface area contributed by atoms with Crippen LogP contribution in [0.15, 0.2) is 16.4 Å². The molecule has 0 atom stereocenters. The van der Waals surface area contributed by atoms with E-state index in [9.17, 15) is 0 Å². The highest BCUT2D eigenvalue weighted by Crippen LogP contribution is 2.04. The molecule has 0 radical (unpaired) electrons. The first-order chi connectivity index (χ1) is 4.74. The van der Waals surface area contributed by atoms with Gasteiger partial charge in [-0.25, -0.2) is 0 Å². The second kappa shape index (κ2) is 2.73. The van der Waals surface area contributed by atoms with Gasteiger partial charge < -0.3 is 10.4 Å². The quantitative estimate of drug-likeness (QED) is 0.574. The molecule has 3 nitrogen and oxygen atoms in total. The number of hydrogen-bond acceptors (Lipinski definition) is 3. The lowest BCUT2D eigenvalue weighted by Gasteiger charge is -2.14. The molecule has 10 heavy (non-hydrogen) atoms. The van der Waals surface area contributed by atoms with E-state index in [2.05, 4.69) is 10.3 Å². The Morgan fingerprint density at radius 1 is 1.70 bits per heavy atom. The number of aliphatic imine (C=N–C) groups is 1. The number of rotatable bonds is 1. The molecule has 0 aliphatic carbocycles. The summed E-state index contributed by atoms with van der Waals surface area (Å²) < 4.78 is 0. The van der Waals surface area contributed by atoms with Gasteiger partial charge in [0.25, 0.3) is 0 Å². The van der Waals surface area contributed by atoms with E-state index in [4.69, 9.17) is 5.11 Å². The second-order valence-electron chi connectivity index (χ2n) is 2.37. The van der Waals surface area contributed by atoms with Crippen LogP contribution in [0.25, 0.3) is 0 Å². The average molecular weight is 140 g/mol. The van der Waals surface area contributed by atoms with Crippen molar-refractivity contribution in [2.45, 2.75) is 20.3 Å². The molecule has 0 bridgehead atoms. The third-order valence-corrected chi connectivity index (χ3v) is 1.51. The van der Waals surface area contributed by atoms with E-state index >= 15 is 0 Å². The standard InChI is InChI=1S/C7H12N2O/c1-3-6-8-4-5(2)7(10)9-6/h10H,3-4H2,1-2H3,(H,8,9). The molecule has 0 saturated heterocycles. The van der Waals surface area contributed by atoms with Crippen LogP contribution in [0.1, 0.15) is 20.3 Å². The molecule has 3 heteroatoms. The van der Waals surface area contributed by atoms with E-state index in [-0.39, 0.29) is 5.88 Å². The van der Waals surface area contributed by atoms with Crippen LogP contribution in [-0.2, 0) is 0 Å². The molecule has 2 N–H and O–H groups in total. The van der Waals surface area contributed by atoms with E-state index in [0.717, 1.165) is 17.8 Å². The number of nitrogens with one attached hydrogen (secondary N) is 1. The first-order valence-corrected chi connectivity index (χ1v) is 3.43. The van der Waals surface area contributed by atoms with Gasteiger partial charge in [-0.2, -0.15) is 0 Å². The van der Waals surface area contributed by atoms with E-state index < -0.39 is 0 Å². The van der Waals surface area contributed by atoms with Gasteiger partial charge in [0, 0.05) is 12.0 Å². The Morgan fingerprint density at radius 3 is 2.90 bits per heavy atom. The first-order valence-electron chi connectivity index (χ1n) is 3.43. The maximum Gasteiger partial charge on any atom is 0.190 e. The van der Waals surface area contributed by atoms with Crippen molar-refractivity contribution in [2.24, 2.45) is 4.99 Å². The van der Waals surface area contributed by atoms with Crippen molar-refractivity contribution < 1.29 is 5.11 Å². The van der Waals surface area contributed by atoms with Crippen molar-refractivity contribution >= 4 is 5.84 Å². The second-order valence-corrected chi connectivity index (χ2v) is 2.37. The summed E-state index contributed by atoms with van der Waals surface area (Å²) in [5.74, 6) is 1.13. The van der Waals surface area contributed by atoms with Gasteiger partial charge in [0.05, 0.1) is 6.54 Å². The summed E-state index contributed by atoms with van der Waals surface area (Å²) in [6.45, 7) is 4.49. The Labute approximate surface area is 60.5 Å². The summed E-state index contributed by atoms with van der Waals surface area (Å²) in [7, 11) is 0. The molecule has 56 valence electrons. The summed E-state index contributed by atoms with van der Waals surface area (Å²) in [4.78, 5) is 4.17. The molecule has 0 fully saturated rings. The third-order valence-electron chi connectivity index (χ3n) is 1.51.